The second kappa shape index (κ2) is 7.47. The van der Waals surface area contributed by atoms with Gasteiger partial charge in [0.1, 0.15) is 6.61 Å². The van der Waals surface area contributed by atoms with Gasteiger partial charge in [0.2, 0.25) is 5.91 Å². The van der Waals surface area contributed by atoms with Crippen molar-refractivity contribution in [2.24, 2.45) is 11.8 Å². The van der Waals surface area contributed by atoms with E-state index in [1.54, 1.807) is 11.3 Å². The monoisotopic (exact) mass is 291 g/mol. The molecule has 2 rings (SSSR count). The van der Waals surface area contributed by atoms with Gasteiger partial charge in [-0.25, -0.2) is 0 Å². The van der Waals surface area contributed by atoms with E-state index in [1.165, 1.54) is 0 Å². The second-order valence-corrected chi connectivity index (χ2v) is 6.39. The lowest BCUT2D eigenvalue weighted by Crippen LogP contribution is -2.32. The maximum atomic E-state index is 12.1. The van der Waals surface area contributed by atoms with Crippen LogP contribution in [0.3, 0.4) is 0 Å². The first kappa shape index (κ1) is 15.1. The third-order valence-corrected chi connectivity index (χ3v) is 4.78. The predicted molar refractivity (Wildman–Crippen MR) is 81.3 cm³/mol. The van der Waals surface area contributed by atoms with Crippen LogP contribution in [0.4, 0.5) is 0 Å². The highest BCUT2D eigenvalue weighted by Crippen LogP contribution is 2.28. The maximum absolute atomic E-state index is 12.1. The second-order valence-electron chi connectivity index (χ2n) is 5.39. The van der Waals surface area contributed by atoms with Gasteiger partial charge in [0, 0.05) is 16.4 Å². The number of aliphatic hydroxyl groups is 1. The lowest BCUT2D eigenvalue weighted by molar-refractivity contribution is -0.126. The van der Waals surface area contributed by atoms with Crippen LogP contribution in [0, 0.1) is 23.7 Å². The number of hydrogen-bond donors (Lipinski definition) is 2. The predicted octanol–water partition coefficient (Wildman–Crippen LogP) is 2.53. The van der Waals surface area contributed by atoms with E-state index in [2.05, 4.69) is 24.1 Å². The minimum atomic E-state index is -0.137. The molecule has 2 N–H and O–H groups in total. The first-order valence-electron chi connectivity index (χ1n) is 7.14. The Morgan fingerprint density at radius 1 is 1.45 bits per heavy atom. The Morgan fingerprint density at radius 3 is 2.90 bits per heavy atom. The third kappa shape index (κ3) is 4.09. The molecule has 108 valence electrons. The van der Waals surface area contributed by atoms with Crippen molar-refractivity contribution in [3.05, 3.63) is 21.9 Å². The standard InChI is InChI=1S/C16H21NO2S/c1-12-4-6-14(7-5-12)16(19)17-11-15-13(3-2-9-18)8-10-20-15/h8,10,12,14,18H,4-7,9,11H2,1H3,(H,17,19). The van der Waals surface area contributed by atoms with Gasteiger partial charge >= 0.3 is 0 Å². The molecule has 3 nitrogen and oxygen atoms in total. The molecule has 1 aromatic rings. The summed E-state index contributed by atoms with van der Waals surface area (Å²) in [4.78, 5) is 13.2. The Balaban J connectivity index is 1.86. The summed E-state index contributed by atoms with van der Waals surface area (Å²) >= 11 is 1.59. The minimum absolute atomic E-state index is 0.137. The van der Waals surface area contributed by atoms with Crippen molar-refractivity contribution in [1.29, 1.82) is 0 Å². The molecule has 0 aliphatic heterocycles. The number of hydrogen-bond acceptors (Lipinski definition) is 3. The van der Waals surface area contributed by atoms with Crippen molar-refractivity contribution < 1.29 is 9.90 Å². The Bertz CT molecular complexity index is 504. The first-order valence-corrected chi connectivity index (χ1v) is 8.02. The highest BCUT2D eigenvalue weighted by molar-refractivity contribution is 7.10. The molecule has 1 aliphatic carbocycles. The van der Waals surface area contributed by atoms with Crippen LogP contribution in [-0.2, 0) is 11.3 Å². The number of thiophene rings is 1. The Morgan fingerprint density at radius 2 is 2.20 bits per heavy atom. The molecule has 0 unspecified atom stereocenters. The van der Waals surface area contributed by atoms with E-state index in [0.717, 1.165) is 42.0 Å². The lowest BCUT2D eigenvalue weighted by Gasteiger charge is -2.25. The van der Waals surface area contributed by atoms with E-state index in [9.17, 15) is 4.79 Å². The number of aliphatic hydroxyl groups excluding tert-OH is 1. The molecule has 0 radical (unpaired) electrons. The Kier molecular flexibility index (Phi) is 5.63. The van der Waals surface area contributed by atoms with E-state index in [0.29, 0.717) is 6.54 Å². The third-order valence-electron chi connectivity index (χ3n) is 3.86. The summed E-state index contributed by atoms with van der Waals surface area (Å²) in [5.74, 6) is 6.67. The van der Waals surface area contributed by atoms with E-state index < -0.39 is 0 Å². The fraction of sp³-hybridized carbons (Fsp3) is 0.562. The highest BCUT2D eigenvalue weighted by Gasteiger charge is 2.24. The summed E-state index contributed by atoms with van der Waals surface area (Å²) in [6.45, 7) is 2.66. The lowest BCUT2D eigenvalue weighted by atomic mass is 9.82. The van der Waals surface area contributed by atoms with Gasteiger partial charge in [-0.05, 0) is 43.0 Å². The molecule has 0 saturated heterocycles. The van der Waals surface area contributed by atoms with Gasteiger partial charge in [0.25, 0.3) is 0 Å². The topological polar surface area (TPSA) is 49.3 Å². The highest BCUT2D eigenvalue weighted by atomic mass is 32.1. The van der Waals surface area contributed by atoms with Gasteiger partial charge in [-0.3, -0.25) is 4.79 Å². The fourth-order valence-corrected chi connectivity index (χ4v) is 3.33. The van der Waals surface area contributed by atoms with Crippen molar-refractivity contribution >= 4 is 17.2 Å². The molecule has 4 heteroatoms. The number of rotatable bonds is 3. The van der Waals surface area contributed by atoms with E-state index in [4.69, 9.17) is 5.11 Å². The summed E-state index contributed by atoms with van der Waals surface area (Å²) in [5, 5.41) is 13.7. The average Bonchev–Trinajstić information content (AvgIpc) is 2.90. The molecule has 1 fully saturated rings. The van der Waals surface area contributed by atoms with Crippen molar-refractivity contribution in [3.8, 4) is 11.8 Å². The quantitative estimate of drug-likeness (QED) is 0.841. The number of carbonyl (C=O) groups is 1. The molecule has 0 spiro atoms. The molecule has 0 aromatic carbocycles. The molecule has 0 atom stereocenters. The van der Waals surface area contributed by atoms with Crippen LogP contribution in [0.2, 0.25) is 0 Å². The van der Waals surface area contributed by atoms with Gasteiger partial charge in [-0.15, -0.1) is 11.3 Å². The molecule has 1 amide bonds. The first-order chi connectivity index (χ1) is 9.70. The number of carbonyl (C=O) groups excluding carboxylic acids is 1. The zero-order valence-electron chi connectivity index (χ0n) is 11.8. The molecular weight excluding hydrogens is 270 g/mol. The van der Waals surface area contributed by atoms with E-state index >= 15 is 0 Å². The molecule has 1 aliphatic rings. The van der Waals surface area contributed by atoms with Gasteiger partial charge in [0.05, 0.1) is 6.54 Å². The smallest absolute Gasteiger partial charge is 0.223 e. The van der Waals surface area contributed by atoms with Crippen LogP contribution in [0.5, 0.6) is 0 Å². The average molecular weight is 291 g/mol. The molecule has 1 saturated carbocycles. The van der Waals surface area contributed by atoms with Crippen molar-refractivity contribution in [2.75, 3.05) is 6.61 Å². The maximum Gasteiger partial charge on any atom is 0.223 e. The largest absolute Gasteiger partial charge is 0.384 e. The summed E-state index contributed by atoms with van der Waals surface area (Å²) in [6.07, 6.45) is 4.33. The van der Waals surface area contributed by atoms with Crippen LogP contribution in [-0.4, -0.2) is 17.6 Å². The number of nitrogens with one attached hydrogen (secondary N) is 1. The van der Waals surface area contributed by atoms with E-state index in [-0.39, 0.29) is 18.4 Å². The van der Waals surface area contributed by atoms with Gasteiger partial charge in [-0.2, -0.15) is 0 Å². The van der Waals surface area contributed by atoms with E-state index in [1.807, 2.05) is 11.4 Å². The van der Waals surface area contributed by atoms with Crippen LogP contribution in [0.25, 0.3) is 0 Å². The van der Waals surface area contributed by atoms with Crippen LogP contribution >= 0.6 is 11.3 Å². The molecule has 1 aromatic heterocycles. The SMILES string of the molecule is CC1CCC(C(=O)NCc2sccc2C#CCO)CC1. The Labute approximate surface area is 124 Å². The summed E-state index contributed by atoms with van der Waals surface area (Å²) < 4.78 is 0. The fourth-order valence-electron chi connectivity index (χ4n) is 2.56. The molecule has 0 bridgehead atoms. The van der Waals surface area contributed by atoms with Gasteiger partial charge in [0.15, 0.2) is 0 Å². The Hall–Kier alpha value is -1.31. The van der Waals surface area contributed by atoms with Gasteiger partial charge < -0.3 is 10.4 Å². The molecular formula is C16H21NO2S. The van der Waals surface area contributed by atoms with Crippen LogP contribution in [0.15, 0.2) is 11.4 Å². The summed E-state index contributed by atoms with van der Waals surface area (Å²) in [7, 11) is 0. The number of amides is 1. The zero-order valence-corrected chi connectivity index (χ0v) is 12.6. The van der Waals surface area contributed by atoms with Crippen molar-refractivity contribution in [2.45, 2.75) is 39.2 Å². The molecule has 20 heavy (non-hydrogen) atoms. The normalized spacial score (nSPS) is 21.9. The van der Waals surface area contributed by atoms with Crippen molar-refractivity contribution in [3.63, 3.8) is 0 Å². The summed E-state index contributed by atoms with van der Waals surface area (Å²) in [5.41, 5.74) is 0.904. The zero-order chi connectivity index (χ0) is 14.4. The van der Waals surface area contributed by atoms with Crippen molar-refractivity contribution in [1.82, 2.24) is 5.32 Å². The van der Waals surface area contributed by atoms with Crippen LogP contribution in [0.1, 0.15) is 43.0 Å². The molecule has 1 heterocycles. The van der Waals surface area contributed by atoms with Crippen LogP contribution < -0.4 is 5.32 Å². The van der Waals surface area contributed by atoms with Gasteiger partial charge in [-0.1, -0.05) is 18.8 Å². The minimum Gasteiger partial charge on any atom is -0.384 e. The summed E-state index contributed by atoms with van der Waals surface area (Å²) in [6, 6.07) is 1.93.